The summed E-state index contributed by atoms with van der Waals surface area (Å²) in [5, 5.41) is 0. The Bertz CT molecular complexity index is 359. The number of piperidine rings is 1. The maximum Gasteiger partial charge on any atom is 0.214 e. The quantitative estimate of drug-likeness (QED) is 0.716. The van der Waals surface area contributed by atoms with Crippen molar-refractivity contribution in [1.29, 1.82) is 0 Å². The van der Waals surface area contributed by atoms with Crippen LogP contribution in [0.4, 0.5) is 0 Å². The Kier molecular flexibility index (Phi) is 2.85. The van der Waals surface area contributed by atoms with E-state index in [9.17, 15) is 13.2 Å². The summed E-state index contributed by atoms with van der Waals surface area (Å²) in [6.45, 7) is 2.58. The lowest BCUT2D eigenvalue weighted by molar-refractivity contribution is -0.124. The number of Topliss-reactive ketones (excluding diaryl/α,β-unsaturated/α-hetero) is 1. The fraction of sp³-hybridized carbons (Fsp3) is 0.900. The normalized spacial score (nSPS) is 29.4. The lowest BCUT2D eigenvalue weighted by Crippen LogP contribution is -2.44. The van der Waals surface area contributed by atoms with Crippen LogP contribution in [0.1, 0.15) is 26.2 Å². The first-order valence-corrected chi connectivity index (χ1v) is 7.10. The van der Waals surface area contributed by atoms with Crippen LogP contribution in [0.2, 0.25) is 0 Å². The SMILES string of the molecule is CC1CN(S(=O)(=O)CC2CC2)CCC1=O. The lowest BCUT2D eigenvalue weighted by Gasteiger charge is -2.29. The van der Waals surface area contributed by atoms with Crippen LogP contribution in [0.15, 0.2) is 0 Å². The molecule has 0 aromatic carbocycles. The molecule has 1 unspecified atom stereocenters. The van der Waals surface area contributed by atoms with E-state index in [1.807, 2.05) is 0 Å². The summed E-state index contributed by atoms with van der Waals surface area (Å²) < 4.78 is 25.3. The fourth-order valence-electron chi connectivity index (χ4n) is 1.92. The first-order chi connectivity index (χ1) is 6.99. The fourth-order valence-corrected chi connectivity index (χ4v) is 3.88. The lowest BCUT2D eigenvalue weighted by atomic mass is 10.0. The van der Waals surface area contributed by atoms with E-state index in [4.69, 9.17) is 0 Å². The van der Waals surface area contributed by atoms with E-state index in [2.05, 4.69) is 0 Å². The van der Waals surface area contributed by atoms with Crippen molar-refractivity contribution in [2.75, 3.05) is 18.8 Å². The van der Waals surface area contributed by atoms with Crippen LogP contribution in [0, 0.1) is 11.8 Å². The minimum Gasteiger partial charge on any atom is -0.299 e. The van der Waals surface area contributed by atoms with Crippen molar-refractivity contribution in [2.24, 2.45) is 11.8 Å². The zero-order valence-corrected chi connectivity index (χ0v) is 9.79. The third-order valence-electron chi connectivity index (χ3n) is 3.17. The van der Waals surface area contributed by atoms with E-state index in [1.165, 1.54) is 4.31 Å². The minimum absolute atomic E-state index is 0.132. The summed E-state index contributed by atoms with van der Waals surface area (Å²) in [5.41, 5.74) is 0. The molecule has 1 saturated heterocycles. The highest BCUT2D eigenvalue weighted by Crippen LogP contribution is 2.31. The predicted molar refractivity (Wildman–Crippen MR) is 56.9 cm³/mol. The smallest absolute Gasteiger partial charge is 0.214 e. The summed E-state index contributed by atoms with van der Waals surface area (Å²) >= 11 is 0. The molecular weight excluding hydrogens is 214 g/mol. The summed E-state index contributed by atoms with van der Waals surface area (Å²) in [6.07, 6.45) is 2.47. The van der Waals surface area contributed by atoms with Gasteiger partial charge in [0.05, 0.1) is 5.75 Å². The number of hydrogen-bond donors (Lipinski definition) is 0. The zero-order valence-electron chi connectivity index (χ0n) is 8.98. The molecule has 5 heteroatoms. The Morgan fingerprint density at radius 1 is 1.40 bits per heavy atom. The Labute approximate surface area is 90.7 Å². The average Bonchev–Trinajstić information content (AvgIpc) is 2.92. The second kappa shape index (κ2) is 3.87. The molecule has 0 radical (unpaired) electrons. The van der Waals surface area contributed by atoms with Gasteiger partial charge in [0.1, 0.15) is 5.78 Å². The molecule has 1 heterocycles. The van der Waals surface area contributed by atoms with Gasteiger partial charge < -0.3 is 0 Å². The average molecular weight is 231 g/mol. The van der Waals surface area contributed by atoms with Gasteiger partial charge in [-0.1, -0.05) is 6.92 Å². The highest BCUT2D eigenvalue weighted by molar-refractivity contribution is 7.89. The maximum atomic E-state index is 11.9. The maximum absolute atomic E-state index is 11.9. The number of carbonyl (C=O) groups is 1. The van der Waals surface area contributed by atoms with Gasteiger partial charge >= 0.3 is 0 Å². The van der Waals surface area contributed by atoms with Crippen molar-refractivity contribution in [3.63, 3.8) is 0 Å². The topological polar surface area (TPSA) is 54.5 Å². The van der Waals surface area contributed by atoms with E-state index >= 15 is 0 Å². The van der Waals surface area contributed by atoms with Gasteiger partial charge in [-0.3, -0.25) is 4.79 Å². The van der Waals surface area contributed by atoms with Crippen LogP contribution < -0.4 is 0 Å². The number of hydrogen-bond acceptors (Lipinski definition) is 3. The second-order valence-electron chi connectivity index (χ2n) is 4.70. The first kappa shape index (κ1) is 11.1. The van der Waals surface area contributed by atoms with Crippen molar-refractivity contribution in [3.8, 4) is 0 Å². The molecule has 1 saturated carbocycles. The molecule has 2 aliphatic rings. The van der Waals surface area contributed by atoms with Crippen LogP contribution >= 0.6 is 0 Å². The highest BCUT2D eigenvalue weighted by atomic mass is 32.2. The van der Waals surface area contributed by atoms with Crippen molar-refractivity contribution < 1.29 is 13.2 Å². The molecule has 0 aromatic rings. The van der Waals surface area contributed by atoms with E-state index in [1.54, 1.807) is 6.92 Å². The number of ketones is 1. The number of sulfonamides is 1. The largest absolute Gasteiger partial charge is 0.299 e. The van der Waals surface area contributed by atoms with Crippen molar-refractivity contribution in [3.05, 3.63) is 0 Å². The van der Waals surface area contributed by atoms with Gasteiger partial charge in [0.15, 0.2) is 0 Å². The molecule has 4 nitrogen and oxygen atoms in total. The number of rotatable bonds is 3. The van der Waals surface area contributed by atoms with E-state index in [-0.39, 0.29) is 17.5 Å². The molecule has 1 atom stereocenters. The van der Waals surface area contributed by atoms with Crippen LogP contribution in [-0.2, 0) is 14.8 Å². The first-order valence-electron chi connectivity index (χ1n) is 5.49. The van der Waals surface area contributed by atoms with Gasteiger partial charge in [0.25, 0.3) is 0 Å². The molecule has 1 aliphatic heterocycles. The Morgan fingerprint density at radius 3 is 2.60 bits per heavy atom. The molecular formula is C10H17NO3S. The van der Waals surface area contributed by atoms with Crippen LogP contribution in [0.25, 0.3) is 0 Å². The van der Waals surface area contributed by atoms with Crippen molar-refractivity contribution >= 4 is 15.8 Å². The predicted octanol–water partition coefficient (Wildman–Crippen LogP) is 0.637. The van der Waals surface area contributed by atoms with Gasteiger partial charge in [0.2, 0.25) is 10.0 Å². The monoisotopic (exact) mass is 231 g/mol. The van der Waals surface area contributed by atoms with Gasteiger partial charge in [-0.25, -0.2) is 12.7 Å². The molecule has 0 spiro atoms. The van der Waals surface area contributed by atoms with E-state index in [0.717, 1.165) is 12.8 Å². The molecule has 0 amide bonds. The van der Waals surface area contributed by atoms with Crippen molar-refractivity contribution in [1.82, 2.24) is 4.31 Å². The van der Waals surface area contributed by atoms with Crippen molar-refractivity contribution in [2.45, 2.75) is 26.2 Å². The summed E-state index contributed by atoms with van der Waals surface area (Å²) in [7, 11) is -3.10. The standard InChI is InChI=1S/C10H17NO3S/c1-8-6-11(5-4-10(8)12)15(13,14)7-9-2-3-9/h8-9H,2-7H2,1H3. The van der Waals surface area contributed by atoms with Gasteiger partial charge in [-0.2, -0.15) is 0 Å². The zero-order chi connectivity index (χ0) is 11.1. The van der Waals surface area contributed by atoms with Gasteiger partial charge in [-0.05, 0) is 18.8 Å². The Balaban J connectivity index is 2.00. The third kappa shape index (κ3) is 2.58. The molecule has 15 heavy (non-hydrogen) atoms. The van der Waals surface area contributed by atoms with Gasteiger partial charge in [-0.15, -0.1) is 0 Å². The molecule has 0 bridgehead atoms. The van der Waals surface area contributed by atoms with E-state index < -0.39 is 10.0 Å². The number of nitrogens with zero attached hydrogens (tertiary/aromatic N) is 1. The minimum atomic E-state index is -3.10. The van der Waals surface area contributed by atoms with Crippen LogP contribution in [-0.4, -0.2) is 37.3 Å². The van der Waals surface area contributed by atoms with Crippen LogP contribution in [0.5, 0.6) is 0 Å². The Hall–Kier alpha value is -0.420. The summed E-state index contributed by atoms with van der Waals surface area (Å²) in [5.74, 6) is 0.719. The molecule has 2 rings (SSSR count). The molecule has 86 valence electrons. The second-order valence-corrected chi connectivity index (χ2v) is 6.71. The summed E-state index contributed by atoms with van der Waals surface area (Å²) in [4.78, 5) is 11.3. The van der Waals surface area contributed by atoms with Crippen LogP contribution in [0.3, 0.4) is 0 Å². The summed E-state index contributed by atoms with van der Waals surface area (Å²) in [6, 6.07) is 0. The highest BCUT2D eigenvalue weighted by Gasteiger charge is 2.35. The molecule has 0 aromatic heterocycles. The number of carbonyl (C=O) groups excluding carboxylic acids is 1. The molecule has 2 fully saturated rings. The molecule has 0 N–H and O–H groups in total. The van der Waals surface area contributed by atoms with E-state index in [0.29, 0.717) is 25.4 Å². The molecule has 1 aliphatic carbocycles. The Morgan fingerprint density at radius 2 is 2.07 bits per heavy atom. The van der Waals surface area contributed by atoms with Gasteiger partial charge in [0, 0.05) is 25.4 Å². The third-order valence-corrected chi connectivity index (χ3v) is 5.18.